The summed E-state index contributed by atoms with van der Waals surface area (Å²) in [5.74, 6) is 1.19. The summed E-state index contributed by atoms with van der Waals surface area (Å²) in [6.45, 7) is 5.64. The molecule has 0 aliphatic carbocycles. The molecule has 13 heteroatoms. The molecule has 0 unspecified atom stereocenters. The van der Waals surface area contributed by atoms with Crippen LogP contribution in [0.25, 0.3) is 11.1 Å². The predicted octanol–water partition coefficient (Wildman–Crippen LogP) is 3.15. The Morgan fingerprint density at radius 3 is 1.61 bits per heavy atom. The third-order valence-electron chi connectivity index (χ3n) is 5.14. The first-order valence-corrected chi connectivity index (χ1v) is 11.9. The average Bonchev–Trinajstić information content (AvgIpc) is 3.42. The topological polar surface area (TPSA) is 85.7 Å². The normalized spacial score (nSPS) is 16.9. The Kier molecular flexibility index (Phi) is 12.0. The maximum absolute atomic E-state index is 5.81. The molecule has 2 aromatic heterocycles. The van der Waals surface area contributed by atoms with E-state index in [1.165, 1.54) is 34.6 Å². The average molecular weight is 538 g/mol. The monoisotopic (exact) mass is 536 g/mol. The number of likely N-dealkylation sites (N-methyl/N-ethyl adjacent to an activating group) is 2. The number of hydrogen-bond acceptors (Lipinski definition) is 11. The summed E-state index contributed by atoms with van der Waals surface area (Å²) < 4.78 is 34.7. The summed E-state index contributed by atoms with van der Waals surface area (Å²) in [4.78, 5) is 4.54. The van der Waals surface area contributed by atoms with Crippen LogP contribution in [0.3, 0.4) is 0 Å². The molecule has 184 valence electrons. The van der Waals surface area contributed by atoms with Gasteiger partial charge in [-0.05, 0) is 38.1 Å². The second kappa shape index (κ2) is 14.1. The molecule has 2 aromatic rings. The Bertz CT molecular complexity index is 851. The maximum atomic E-state index is 5.81. The van der Waals surface area contributed by atoms with E-state index in [1.54, 1.807) is 0 Å². The van der Waals surface area contributed by atoms with Gasteiger partial charge in [0.1, 0.15) is 24.6 Å². The second-order valence-electron chi connectivity index (χ2n) is 7.66. The van der Waals surface area contributed by atoms with Crippen LogP contribution in [-0.2, 0) is 4.74 Å². The lowest BCUT2D eigenvalue weighted by Gasteiger charge is -2.22. The van der Waals surface area contributed by atoms with E-state index >= 15 is 0 Å². The molecule has 9 nitrogen and oxygen atoms in total. The molecule has 0 fully saturated rings. The quantitative estimate of drug-likeness (QED) is 0.425. The maximum Gasteiger partial charge on any atom is 0.253 e. The molecule has 0 atom stereocenters. The van der Waals surface area contributed by atoms with Gasteiger partial charge in [-0.25, -0.2) is 0 Å². The number of aromatic nitrogens is 4. The molecule has 33 heavy (non-hydrogen) atoms. The summed E-state index contributed by atoms with van der Waals surface area (Å²) in [5.41, 5.74) is 4.06. The Morgan fingerprint density at radius 2 is 1.18 bits per heavy atom. The van der Waals surface area contributed by atoms with Gasteiger partial charge in [0.05, 0.1) is 36.7 Å². The van der Waals surface area contributed by atoms with E-state index in [0.717, 1.165) is 50.4 Å². The van der Waals surface area contributed by atoms with Crippen molar-refractivity contribution in [3.63, 3.8) is 0 Å². The minimum Gasteiger partial charge on any atom is -0.473 e. The summed E-state index contributed by atoms with van der Waals surface area (Å²) >= 11 is 2.36. The number of rotatable bonds is 10. The van der Waals surface area contributed by atoms with Crippen molar-refractivity contribution in [3.05, 3.63) is 23.5 Å². The third-order valence-corrected chi connectivity index (χ3v) is 6.17. The van der Waals surface area contributed by atoms with E-state index in [0.29, 0.717) is 38.2 Å². The van der Waals surface area contributed by atoms with Crippen molar-refractivity contribution in [1.82, 2.24) is 27.3 Å². The molecule has 0 N–H and O–H groups in total. The number of nitrogens with zero attached hydrogens (tertiary/aromatic N) is 6. The van der Waals surface area contributed by atoms with Gasteiger partial charge in [-0.2, -0.15) is 8.75 Å². The fraction of sp³-hybridized carbons (Fsp3) is 0.600. The zero-order valence-corrected chi connectivity index (χ0v) is 22.0. The van der Waals surface area contributed by atoms with Crippen LogP contribution in [0.2, 0.25) is 0 Å². The van der Waals surface area contributed by atoms with Gasteiger partial charge < -0.3 is 24.0 Å². The molecular weight excluding hydrogens is 507 g/mol. The molecule has 4 heterocycles. The largest absolute Gasteiger partial charge is 0.473 e. The molecule has 2 aliphatic heterocycles. The minimum absolute atomic E-state index is 0. The lowest BCUT2D eigenvalue weighted by Crippen LogP contribution is -2.25. The molecule has 0 spiro atoms. The summed E-state index contributed by atoms with van der Waals surface area (Å²) in [7, 11) is 4.22. The number of halogens is 2. The van der Waals surface area contributed by atoms with E-state index in [4.69, 9.17) is 14.2 Å². The van der Waals surface area contributed by atoms with Crippen LogP contribution in [0.1, 0.15) is 24.2 Å². The number of ether oxygens (including phenoxy) is 3. The molecule has 2 aliphatic rings. The van der Waals surface area contributed by atoms with Gasteiger partial charge >= 0.3 is 0 Å². The van der Waals surface area contributed by atoms with E-state index in [2.05, 4.69) is 53.5 Å². The molecule has 0 bridgehead atoms. The molecule has 4 rings (SSSR count). The van der Waals surface area contributed by atoms with Crippen molar-refractivity contribution in [2.24, 2.45) is 0 Å². The summed E-state index contributed by atoms with van der Waals surface area (Å²) in [6.07, 6.45) is 6.49. The van der Waals surface area contributed by atoms with E-state index < -0.39 is 0 Å². The highest BCUT2D eigenvalue weighted by Gasteiger charge is 2.19. The van der Waals surface area contributed by atoms with Crippen LogP contribution in [-0.4, -0.2) is 94.0 Å². The standard InChI is InChI=1S/C20H28N6O3S2.2ClH/c1-25-7-3-5-15(13-25)17-19(23-30-21-17)28-11-9-27-10-12-29-20-18(22-31-24-20)16-6-4-8-26(2)14-16;;/h5-6H,3-4,7-14H2,1-2H3;2*1H. The smallest absolute Gasteiger partial charge is 0.253 e. The van der Waals surface area contributed by atoms with Crippen molar-refractivity contribution in [2.75, 3.05) is 66.7 Å². The van der Waals surface area contributed by atoms with Gasteiger partial charge in [0.25, 0.3) is 11.8 Å². The van der Waals surface area contributed by atoms with Gasteiger partial charge in [0.15, 0.2) is 0 Å². The van der Waals surface area contributed by atoms with Crippen LogP contribution in [0.5, 0.6) is 11.8 Å². The minimum atomic E-state index is 0. The van der Waals surface area contributed by atoms with Crippen LogP contribution in [0.4, 0.5) is 0 Å². The van der Waals surface area contributed by atoms with Crippen molar-refractivity contribution >= 4 is 59.4 Å². The van der Waals surface area contributed by atoms with Crippen LogP contribution in [0, 0.1) is 0 Å². The highest BCUT2D eigenvalue weighted by molar-refractivity contribution is 6.99. The molecular formula is C20H30Cl2N6O3S2. The summed E-state index contributed by atoms with van der Waals surface area (Å²) in [5, 5.41) is 0. The van der Waals surface area contributed by atoms with Crippen LogP contribution < -0.4 is 9.47 Å². The van der Waals surface area contributed by atoms with E-state index in [9.17, 15) is 0 Å². The van der Waals surface area contributed by atoms with E-state index in [1.807, 2.05) is 0 Å². The highest BCUT2D eigenvalue weighted by Crippen LogP contribution is 2.28. The summed E-state index contributed by atoms with van der Waals surface area (Å²) in [6, 6.07) is 0. The highest BCUT2D eigenvalue weighted by atomic mass is 35.5. The fourth-order valence-electron chi connectivity index (χ4n) is 3.57. The van der Waals surface area contributed by atoms with Crippen molar-refractivity contribution in [1.29, 1.82) is 0 Å². The Balaban J connectivity index is 0.00000193. The Labute approximate surface area is 215 Å². The first kappa shape index (κ1) is 27.9. The molecule has 0 aromatic carbocycles. The zero-order valence-electron chi connectivity index (χ0n) is 18.8. The molecule has 0 saturated carbocycles. The first-order valence-electron chi connectivity index (χ1n) is 10.4. The number of hydrogen-bond donors (Lipinski definition) is 0. The van der Waals surface area contributed by atoms with Gasteiger partial charge in [-0.3, -0.25) is 0 Å². The molecule has 0 saturated heterocycles. The van der Waals surface area contributed by atoms with Crippen LogP contribution in [0.15, 0.2) is 12.2 Å². The van der Waals surface area contributed by atoms with Gasteiger partial charge in [0.2, 0.25) is 0 Å². The Morgan fingerprint density at radius 1 is 0.727 bits per heavy atom. The van der Waals surface area contributed by atoms with E-state index in [-0.39, 0.29) is 24.8 Å². The second-order valence-corrected chi connectivity index (χ2v) is 8.71. The van der Waals surface area contributed by atoms with Gasteiger partial charge in [-0.1, -0.05) is 12.2 Å². The van der Waals surface area contributed by atoms with Gasteiger partial charge in [-0.15, -0.1) is 33.6 Å². The third kappa shape index (κ3) is 7.84. The lowest BCUT2D eigenvalue weighted by atomic mass is 10.1. The SMILES string of the molecule is CN1CCC=C(c2nsnc2OCCOCCOc2nsnc2C2=CCCN(C)C2)C1.Cl.Cl. The van der Waals surface area contributed by atoms with Crippen LogP contribution >= 0.6 is 48.3 Å². The Hall–Kier alpha value is -1.34. The van der Waals surface area contributed by atoms with Gasteiger partial charge in [0, 0.05) is 26.2 Å². The van der Waals surface area contributed by atoms with Crippen molar-refractivity contribution < 1.29 is 14.2 Å². The fourth-order valence-corrected chi connectivity index (χ4v) is 4.63. The first-order chi connectivity index (χ1) is 15.2. The van der Waals surface area contributed by atoms with Crippen molar-refractivity contribution in [2.45, 2.75) is 12.8 Å². The zero-order chi connectivity index (χ0) is 21.5. The lowest BCUT2D eigenvalue weighted by molar-refractivity contribution is 0.0745. The van der Waals surface area contributed by atoms with Crippen molar-refractivity contribution in [3.8, 4) is 11.8 Å². The predicted molar refractivity (Wildman–Crippen MR) is 136 cm³/mol. The molecule has 0 radical (unpaired) electrons. The molecule has 0 amide bonds.